The van der Waals surface area contributed by atoms with Crippen LogP contribution in [0.4, 0.5) is 0 Å². The van der Waals surface area contributed by atoms with E-state index < -0.39 is 0 Å². The van der Waals surface area contributed by atoms with Gasteiger partial charge in [0.25, 0.3) is 0 Å². The van der Waals surface area contributed by atoms with Gasteiger partial charge in [0.15, 0.2) is 10.6 Å². The van der Waals surface area contributed by atoms with Crippen molar-refractivity contribution in [2.75, 3.05) is 11.5 Å². The van der Waals surface area contributed by atoms with E-state index in [0.29, 0.717) is 16.6 Å². The van der Waals surface area contributed by atoms with Gasteiger partial charge in [0.2, 0.25) is 0 Å². The Hall–Kier alpha value is -0.630. The quantitative estimate of drug-likeness (QED) is 0.705. The van der Waals surface area contributed by atoms with E-state index in [1.165, 1.54) is 34.8 Å². The Morgan fingerprint density at radius 3 is 2.43 bits per heavy atom. The van der Waals surface area contributed by atoms with E-state index in [0.717, 1.165) is 5.56 Å². The third-order valence-corrected chi connectivity index (χ3v) is 5.25. The molecule has 2 rings (SSSR count). The summed E-state index contributed by atoms with van der Waals surface area (Å²) in [6.07, 6.45) is 2.66. The Labute approximate surface area is 88.5 Å². The fraction of sp³-hybridized carbons (Fsp3) is 0.500. The van der Waals surface area contributed by atoms with E-state index >= 15 is 0 Å². The summed E-state index contributed by atoms with van der Waals surface area (Å²) in [5.41, 5.74) is 2.30. The minimum Gasteiger partial charge on any atom is -0.503 e. The Bertz CT molecular complexity index is 340. The average molecular weight is 209 g/mol. The maximum absolute atomic E-state index is 9.99. The van der Waals surface area contributed by atoms with E-state index in [1.54, 1.807) is 0 Å². The van der Waals surface area contributed by atoms with Crippen molar-refractivity contribution in [1.29, 1.82) is 0 Å². The van der Waals surface area contributed by atoms with Crippen molar-refractivity contribution in [2.45, 2.75) is 31.6 Å². The molecule has 0 atom stereocenters. The topological polar surface area (TPSA) is 20.2 Å². The number of aryl methyl sites for hydroxylation is 2. The fourth-order valence-electron chi connectivity index (χ4n) is 2.02. The number of aromatic hydroxyl groups is 1. The zero-order chi connectivity index (χ0) is 10.1. The van der Waals surface area contributed by atoms with Crippen molar-refractivity contribution in [3.63, 3.8) is 0 Å². The standard InChI is InChI=1S/C12H16OS/c1-9-7-10(2)12(13)11(8-9)14-5-3-4-6-14/h7-8H,3-6H2,1-2H3/p+1. The van der Waals surface area contributed by atoms with Crippen LogP contribution in [0.5, 0.6) is 5.75 Å². The van der Waals surface area contributed by atoms with Gasteiger partial charge in [-0.15, -0.1) is 0 Å². The average Bonchev–Trinajstić information content (AvgIpc) is 2.63. The predicted molar refractivity (Wildman–Crippen MR) is 62.2 cm³/mol. The summed E-state index contributed by atoms with van der Waals surface area (Å²) < 4.78 is 0. The summed E-state index contributed by atoms with van der Waals surface area (Å²) in [7, 11) is 0.327. The molecule has 1 saturated heterocycles. The maximum Gasteiger partial charge on any atom is 0.197 e. The highest BCUT2D eigenvalue weighted by molar-refractivity contribution is 7.97. The molecular formula is C12H17OS+. The summed E-state index contributed by atoms with van der Waals surface area (Å²) in [6.45, 7) is 4.10. The Kier molecular flexibility index (Phi) is 2.73. The molecule has 0 aromatic heterocycles. The Morgan fingerprint density at radius 2 is 1.79 bits per heavy atom. The second kappa shape index (κ2) is 3.85. The first-order valence-corrected chi connectivity index (χ1v) is 6.72. The summed E-state index contributed by atoms with van der Waals surface area (Å²) in [6, 6.07) is 4.22. The van der Waals surface area contributed by atoms with Gasteiger partial charge in [-0.1, -0.05) is 6.07 Å². The molecule has 14 heavy (non-hydrogen) atoms. The SMILES string of the molecule is Cc1cc(C)c(O)c([S+]2CCCC2)c1. The van der Waals surface area contributed by atoms with Crippen molar-refractivity contribution in [3.05, 3.63) is 23.3 Å². The molecule has 1 fully saturated rings. The van der Waals surface area contributed by atoms with E-state index in [2.05, 4.69) is 19.1 Å². The van der Waals surface area contributed by atoms with Crippen molar-refractivity contribution in [3.8, 4) is 5.75 Å². The van der Waals surface area contributed by atoms with Crippen LogP contribution in [0.15, 0.2) is 17.0 Å². The van der Waals surface area contributed by atoms with E-state index in [4.69, 9.17) is 0 Å². The molecule has 1 N–H and O–H groups in total. The third kappa shape index (κ3) is 1.76. The highest BCUT2D eigenvalue weighted by Crippen LogP contribution is 2.33. The molecule has 0 spiro atoms. The molecule has 2 heteroatoms. The van der Waals surface area contributed by atoms with Gasteiger partial charge in [0, 0.05) is 17.0 Å². The van der Waals surface area contributed by atoms with Crippen LogP contribution >= 0.6 is 0 Å². The van der Waals surface area contributed by atoms with E-state index in [9.17, 15) is 5.11 Å². The molecule has 1 aliphatic rings. The largest absolute Gasteiger partial charge is 0.503 e. The first kappa shape index (κ1) is 9.91. The van der Waals surface area contributed by atoms with Crippen LogP contribution in [0, 0.1) is 13.8 Å². The summed E-state index contributed by atoms with van der Waals surface area (Å²) in [5.74, 6) is 3.09. The van der Waals surface area contributed by atoms with Crippen molar-refractivity contribution in [2.24, 2.45) is 0 Å². The molecule has 0 amide bonds. The number of phenols is 1. The van der Waals surface area contributed by atoms with Gasteiger partial charge in [0.05, 0.1) is 0 Å². The smallest absolute Gasteiger partial charge is 0.197 e. The molecule has 0 bridgehead atoms. The normalized spacial score (nSPS) is 17.6. The first-order valence-electron chi connectivity index (χ1n) is 5.16. The monoisotopic (exact) mass is 209 g/mol. The molecule has 0 aliphatic carbocycles. The first-order chi connectivity index (χ1) is 6.68. The molecule has 1 nitrogen and oxygen atoms in total. The number of hydrogen-bond acceptors (Lipinski definition) is 1. The van der Waals surface area contributed by atoms with E-state index in [1.807, 2.05) is 6.92 Å². The lowest BCUT2D eigenvalue weighted by molar-refractivity contribution is 0.457. The second-order valence-electron chi connectivity index (χ2n) is 4.04. The number of phenolic OH excluding ortho intramolecular Hbond substituents is 1. The van der Waals surface area contributed by atoms with Crippen LogP contribution in [-0.2, 0) is 10.9 Å². The minimum absolute atomic E-state index is 0.327. The van der Waals surface area contributed by atoms with Crippen molar-refractivity contribution in [1.82, 2.24) is 0 Å². The summed E-state index contributed by atoms with van der Waals surface area (Å²) in [5, 5.41) is 9.99. The second-order valence-corrected chi connectivity index (χ2v) is 6.28. The fourth-order valence-corrected chi connectivity index (χ4v) is 4.55. The predicted octanol–water partition coefficient (Wildman–Crippen LogP) is 2.78. The third-order valence-electron chi connectivity index (χ3n) is 2.75. The molecule has 76 valence electrons. The molecule has 1 heterocycles. The van der Waals surface area contributed by atoms with Crippen LogP contribution in [0.3, 0.4) is 0 Å². The lowest BCUT2D eigenvalue weighted by Gasteiger charge is -2.06. The van der Waals surface area contributed by atoms with Crippen molar-refractivity contribution >= 4 is 10.9 Å². The molecule has 0 radical (unpaired) electrons. The van der Waals surface area contributed by atoms with Gasteiger partial charge >= 0.3 is 0 Å². The van der Waals surface area contributed by atoms with Gasteiger partial charge in [-0.25, -0.2) is 0 Å². The summed E-state index contributed by atoms with van der Waals surface area (Å²) in [4.78, 5) is 1.21. The van der Waals surface area contributed by atoms with Crippen molar-refractivity contribution < 1.29 is 5.11 Å². The molecule has 1 aromatic carbocycles. The zero-order valence-electron chi connectivity index (χ0n) is 8.84. The molecular weight excluding hydrogens is 192 g/mol. The summed E-state index contributed by atoms with van der Waals surface area (Å²) >= 11 is 0. The highest BCUT2D eigenvalue weighted by atomic mass is 32.2. The van der Waals surface area contributed by atoms with Crippen LogP contribution in [-0.4, -0.2) is 16.6 Å². The van der Waals surface area contributed by atoms with Gasteiger partial charge in [-0.3, -0.25) is 0 Å². The van der Waals surface area contributed by atoms with Crippen LogP contribution in [0.2, 0.25) is 0 Å². The van der Waals surface area contributed by atoms with Crippen LogP contribution in [0.1, 0.15) is 24.0 Å². The number of hydrogen-bond donors (Lipinski definition) is 1. The number of rotatable bonds is 1. The minimum atomic E-state index is 0.327. The Morgan fingerprint density at radius 1 is 1.14 bits per heavy atom. The molecule has 0 saturated carbocycles. The van der Waals surface area contributed by atoms with Gasteiger partial charge in [-0.05, 0) is 37.8 Å². The number of benzene rings is 1. The molecule has 0 unspecified atom stereocenters. The highest BCUT2D eigenvalue weighted by Gasteiger charge is 2.30. The van der Waals surface area contributed by atoms with Gasteiger partial charge in [0.1, 0.15) is 11.5 Å². The maximum atomic E-state index is 9.99. The zero-order valence-corrected chi connectivity index (χ0v) is 9.66. The van der Waals surface area contributed by atoms with Crippen LogP contribution in [0.25, 0.3) is 0 Å². The van der Waals surface area contributed by atoms with Gasteiger partial charge in [-0.2, -0.15) is 0 Å². The van der Waals surface area contributed by atoms with Crippen LogP contribution < -0.4 is 0 Å². The molecule has 1 aromatic rings. The lowest BCUT2D eigenvalue weighted by Crippen LogP contribution is -2.05. The van der Waals surface area contributed by atoms with Gasteiger partial charge < -0.3 is 5.11 Å². The molecule has 1 aliphatic heterocycles. The Balaban J connectivity index is 2.40. The lowest BCUT2D eigenvalue weighted by atomic mass is 10.1. The van der Waals surface area contributed by atoms with E-state index in [-0.39, 0.29) is 0 Å².